The quantitative estimate of drug-likeness (QED) is 0.469. The van der Waals surface area contributed by atoms with Crippen LogP contribution < -0.4 is 15.4 Å². The van der Waals surface area contributed by atoms with Gasteiger partial charge in [0.1, 0.15) is 18.5 Å². The van der Waals surface area contributed by atoms with Crippen molar-refractivity contribution in [2.24, 2.45) is 0 Å². The Labute approximate surface area is 196 Å². The van der Waals surface area contributed by atoms with E-state index in [1.165, 1.54) is 12.1 Å². The molecule has 1 fully saturated rings. The topological polar surface area (TPSA) is 89.1 Å². The van der Waals surface area contributed by atoms with Crippen molar-refractivity contribution in [2.45, 2.75) is 44.3 Å². The molecule has 0 saturated carbocycles. The lowest BCUT2D eigenvalue weighted by molar-refractivity contribution is -0.137. The number of urea groups is 1. The van der Waals surface area contributed by atoms with Crippen molar-refractivity contribution >= 4 is 11.7 Å². The third-order valence-electron chi connectivity index (χ3n) is 5.13. The molecule has 7 nitrogen and oxygen atoms in total. The Balaban J connectivity index is 1.37. The van der Waals surface area contributed by atoms with Crippen LogP contribution in [-0.2, 0) is 22.3 Å². The average Bonchev–Trinajstić information content (AvgIpc) is 2.82. The molecule has 2 atom stereocenters. The molecule has 1 saturated heterocycles. The smallest absolute Gasteiger partial charge is 0.416 e. The Morgan fingerprint density at radius 2 is 2.00 bits per heavy atom. The van der Waals surface area contributed by atoms with Gasteiger partial charge in [0.25, 0.3) is 0 Å². The molecule has 10 heteroatoms. The van der Waals surface area contributed by atoms with Crippen LogP contribution in [0.4, 0.5) is 23.7 Å². The maximum Gasteiger partial charge on any atom is 0.416 e. The lowest BCUT2D eigenvalue weighted by Gasteiger charge is -2.22. The largest absolute Gasteiger partial charge is 0.491 e. The van der Waals surface area contributed by atoms with E-state index in [0.717, 1.165) is 43.6 Å². The monoisotopic (exact) mass is 482 g/mol. The van der Waals surface area contributed by atoms with Gasteiger partial charge >= 0.3 is 12.2 Å². The van der Waals surface area contributed by atoms with Crippen molar-refractivity contribution in [1.29, 1.82) is 0 Å². The number of hydrogen-bond donors (Lipinski definition) is 3. The standard InChI is InChI=1S/C24H29F3N2O5/c25-24(26,27)18-6-4-9-21(12-18)34-15-20(30)13-28-23(31)29-19-7-3-5-17(11-19)14-32-16-22-8-1-2-10-33-22/h3-7,9,11-12,20,22,30H,1-2,8,10,13-16H2,(H2,28,29,31). The number of rotatable bonds is 10. The normalized spacial score (nSPS) is 17.1. The summed E-state index contributed by atoms with van der Waals surface area (Å²) in [6, 6.07) is 11.0. The van der Waals surface area contributed by atoms with Gasteiger partial charge in [-0.3, -0.25) is 0 Å². The molecule has 0 aliphatic carbocycles. The minimum absolute atomic E-state index is 0.0209. The Morgan fingerprint density at radius 1 is 1.18 bits per heavy atom. The summed E-state index contributed by atoms with van der Waals surface area (Å²) in [5.41, 5.74) is 0.609. The molecule has 3 N–H and O–H groups in total. The number of anilines is 1. The molecular formula is C24H29F3N2O5. The van der Waals surface area contributed by atoms with Crippen LogP contribution in [0.25, 0.3) is 0 Å². The number of aliphatic hydroxyl groups is 1. The third-order valence-corrected chi connectivity index (χ3v) is 5.13. The summed E-state index contributed by atoms with van der Waals surface area (Å²) in [5.74, 6) is -0.0209. The van der Waals surface area contributed by atoms with Crippen LogP contribution in [-0.4, -0.2) is 49.7 Å². The first-order chi connectivity index (χ1) is 16.3. The summed E-state index contributed by atoms with van der Waals surface area (Å²) >= 11 is 0. The molecular weight excluding hydrogens is 453 g/mol. The second-order valence-electron chi connectivity index (χ2n) is 8.03. The first-order valence-corrected chi connectivity index (χ1v) is 11.1. The Kier molecular flexibility index (Phi) is 9.55. The fourth-order valence-corrected chi connectivity index (χ4v) is 3.39. The van der Waals surface area contributed by atoms with E-state index in [4.69, 9.17) is 14.2 Å². The van der Waals surface area contributed by atoms with Gasteiger partial charge in [0.2, 0.25) is 0 Å². The van der Waals surface area contributed by atoms with E-state index in [1.54, 1.807) is 18.2 Å². The number of carbonyl (C=O) groups is 1. The summed E-state index contributed by atoms with van der Waals surface area (Å²) in [5, 5.41) is 15.2. The van der Waals surface area contributed by atoms with Crippen LogP contribution in [0, 0.1) is 0 Å². The number of carbonyl (C=O) groups excluding carboxylic acids is 1. The average molecular weight is 482 g/mol. The minimum atomic E-state index is -4.48. The van der Waals surface area contributed by atoms with E-state index in [2.05, 4.69) is 10.6 Å². The Hall–Kier alpha value is -2.82. The number of halogens is 3. The lowest BCUT2D eigenvalue weighted by Crippen LogP contribution is -2.37. The van der Waals surface area contributed by atoms with Crippen LogP contribution in [0.1, 0.15) is 30.4 Å². The number of nitrogens with one attached hydrogen (secondary N) is 2. The maximum atomic E-state index is 12.7. The Bertz CT molecular complexity index is 919. The van der Waals surface area contributed by atoms with Crippen molar-refractivity contribution in [3.63, 3.8) is 0 Å². The van der Waals surface area contributed by atoms with E-state index in [-0.39, 0.29) is 25.0 Å². The molecule has 1 aliphatic heterocycles. The summed E-state index contributed by atoms with van der Waals surface area (Å²) in [6.45, 7) is 1.27. The van der Waals surface area contributed by atoms with Crippen molar-refractivity contribution < 1.29 is 37.3 Å². The van der Waals surface area contributed by atoms with E-state index < -0.39 is 23.9 Å². The number of aliphatic hydroxyl groups excluding tert-OH is 1. The van der Waals surface area contributed by atoms with Gasteiger partial charge in [-0.25, -0.2) is 4.79 Å². The predicted molar refractivity (Wildman–Crippen MR) is 120 cm³/mol. The maximum absolute atomic E-state index is 12.7. The minimum Gasteiger partial charge on any atom is -0.491 e. The highest BCUT2D eigenvalue weighted by atomic mass is 19.4. The number of amides is 2. The van der Waals surface area contributed by atoms with Crippen LogP contribution >= 0.6 is 0 Å². The summed E-state index contributed by atoms with van der Waals surface area (Å²) in [7, 11) is 0. The molecule has 3 rings (SSSR count). The number of hydrogen-bond acceptors (Lipinski definition) is 5. The number of ether oxygens (including phenoxy) is 3. The highest BCUT2D eigenvalue weighted by molar-refractivity contribution is 5.89. The first-order valence-electron chi connectivity index (χ1n) is 11.1. The van der Waals surface area contributed by atoms with Gasteiger partial charge in [0, 0.05) is 18.8 Å². The highest BCUT2D eigenvalue weighted by Crippen LogP contribution is 2.31. The fourth-order valence-electron chi connectivity index (χ4n) is 3.39. The molecule has 1 heterocycles. The van der Waals surface area contributed by atoms with E-state index in [9.17, 15) is 23.1 Å². The predicted octanol–water partition coefficient (Wildman–Crippen LogP) is 4.35. The van der Waals surface area contributed by atoms with Crippen LogP contribution in [0.3, 0.4) is 0 Å². The molecule has 1 aliphatic rings. The van der Waals surface area contributed by atoms with Gasteiger partial charge in [-0.1, -0.05) is 18.2 Å². The summed E-state index contributed by atoms with van der Waals surface area (Å²) in [4.78, 5) is 12.1. The van der Waals surface area contributed by atoms with Gasteiger partial charge in [-0.2, -0.15) is 13.2 Å². The number of benzene rings is 2. The second-order valence-corrected chi connectivity index (χ2v) is 8.03. The SMILES string of the molecule is O=C(NCC(O)COc1cccc(C(F)(F)F)c1)Nc1cccc(COCC2CCCCO2)c1. The molecule has 2 aromatic carbocycles. The zero-order chi connectivity index (χ0) is 24.4. The highest BCUT2D eigenvalue weighted by Gasteiger charge is 2.30. The molecule has 2 unspecified atom stereocenters. The molecule has 0 aromatic heterocycles. The summed E-state index contributed by atoms with van der Waals surface area (Å²) < 4.78 is 54.8. The lowest BCUT2D eigenvalue weighted by atomic mass is 10.1. The van der Waals surface area contributed by atoms with Crippen LogP contribution in [0.2, 0.25) is 0 Å². The molecule has 2 amide bonds. The van der Waals surface area contributed by atoms with Crippen molar-refractivity contribution in [3.05, 3.63) is 59.7 Å². The molecule has 0 radical (unpaired) electrons. The van der Waals surface area contributed by atoms with Gasteiger partial charge in [0.15, 0.2) is 0 Å². The van der Waals surface area contributed by atoms with Gasteiger partial charge in [0.05, 0.1) is 24.9 Å². The Morgan fingerprint density at radius 3 is 2.76 bits per heavy atom. The third kappa shape index (κ3) is 8.85. The zero-order valence-corrected chi connectivity index (χ0v) is 18.6. The molecule has 34 heavy (non-hydrogen) atoms. The second kappa shape index (κ2) is 12.6. The van der Waals surface area contributed by atoms with Gasteiger partial charge < -0.3 is 30.0 Å². The summed E-state index contributed by atoms with van der Waals surface area (Å²) in [6.07, 6.45) is -2.23. The fraction of sp³-hybridized carbons (Fsp3) is 0.458. The van der Waals surface area contributed by atoms with Gasteiger partial charge in [-0.15, -0.1) is 0 Å². The van der Waals surface area contributed by atoms with Crippen molar-refractivity contribution in [3.8, 4) is 5.75 Å². The zero-order valence-electron chi connectivity index (χ0n) is 18.6. The molecule has 0 spiro atoms. The van der Waals surface area contributed by atoms with E-state index in [0.29, 0.717) is 18.9 Å². The number of alkyl halides is 3. The van der Waals surface area contributed by atoms with Crippen molar-refractivity contribution in [2.75, 3.05) is 31.7 Å². The van der Waals surface area contributed by atoms with Gasteiger partial charge in [-0.05, 0) is 55.2 Å². The van der Waals surface area contributed by atoms with Crippen molar-refractivity contribution in [1.82, 2.24) is 5.32 Å². The van der Waals surface area contributed by atoms with E-state index >= 15 is 0 Å². The van der Waals surface area contributed by atoms with Crippen LogP contribution in [0.15, 0.2) is 48.5 Å². The van der Waals surface area contributed by atoms with Crippen LogP contribution in [0.5, 0.6) is 5.75 Å². The van der Waals surface area contributed by atoms with E-state index in [1.807, 2.05) is 6.07 Å². The first kappa shape index (κ1) is 25.8. The molecule has 0 bridgehead atoms. The molecule has 2 aromatic rings. The molecule has 186 valence electrons.